The van der Waals surface area contributed by atoms with Gasteiger partial charge in [0, 0.05) is 24.5 Å². The molecule has 5 heteroatoms. The van der Waals surface area contributed by atoms with Crippen molar-refractivity contribution in [3.8, 4) is 0 Å². The van der Waals surface area contributed by atoms with Crippen molar-refractivity contribution in [1.29, 1.82) is 0 Å². The molecule has 1 aliphatic carbocycles. The molecule has 1 aliphatic rings. The van der Waals surface area contributed by atoms with E-state index in [1.165, 1.54) is 49.9 Å². The van der Waals surface area contributed by atoms with Crippen molar-refractivity contribution in [2.24, 2.45) is 5.92 Å². The quantitative estimate of drug-likeness (QED) is 0.319. The molecule has 0 aliphatic heterocycles. The predicted molar refractivity (Wildman–Crippen MR) is 137 cm³/mol. The van der Waals surface area contributed by atoms with Crippen LogP contribution in [-0.4, -0.2) is 22.0 Å². The zero-order valence-electron chi connectivity index (χ0n) is 19.6. The molecule has 1 heterocycles. The molecular formula is C28H36ClN3O. The Balaban J connectivity index is 1.22. The minimum atomic E-state index is 0.0348. The highest BCUT2D eigenvalue weighted by Gasteiger charge is 2.16. The third-order valence-corrected chi connectivity index (χ3v) is 7.30. The number of fused-ring (bicyclic) bond motifs is 1. The summed E-state index contributed by atoms with van der Waals surface area (Å²) in [7, 11) is 0. The molecular weight excluding hydrogens is 430 g/mol. The number of nitrogens with one attached hydrogen (secondary N) is 1. The van der Waals surface area contributed by atoms with E-state index in [-0.39, 0.29) is 5.91 Å². The molecule has 4 nitrogen and oxygen atoms in total. The molecule has 0 radical (unpaired) electrons. The number of benzene rings is 2. The maximum absolute atomic E-state index is 12.2. The van der Waals surface area contributed by atoms with E-state index in [1.807, 2.05) is 24.3 Å². The summed E-state index contributed by atoms with van der Waals surface area (Å²) < 4.78 is 2.47. The normalized spacial score (nSPS) is 14.6. The molecule has 1 aromatic heterocycles. The van der Waals surface area contributed by atoms with Crippen molar-refractivity contribution in [2.75, 3.05) is 6.54 Å². The summed E-state index contributed by atoms with van der Waals surface area (Å²) in [6.45, 7) is 1.79. The lowest BCUT2D eigenvalue weighted by Crippen LogP contribution is -2.26. The number of rotatable bonds is 11. The first-order valence-electron chi connectivity index (χ1n) is 12.6. The second-order valence-electron chi connectivity index (χ2n) is 9.39. The van der Waals surface area contributed by atoms with Gasteiger partial charge >= 0.3 is 0 Å². The second kappa shape index (κ2) is 12.2. The van der Waals surface area contributed by atoms with Gasteiger partial charge in [-0.25, -0.2) is 4.98 Å². The van der Waals surface area contributed by atoms with Gasteiger partial charge in [0.2, 0.25) is 5.91 Å². The molecule has 176 valence electrons. The number of para-hydroxylation sites is 2. The predicted octanol–water partition coefficient (Wildman–Crippen LogP) is 6.73. The third kappa shape index (κ3) is 6.83. The molecule has 33 heavy (non-hydrogen) atoms. The second-order valence-corrected chi connectivity index (χ2v) is 9.80. The molecule has 2 aromatic carbocycles. The fourth-order valence-corrected chi connectivity index (χ4v) is 5.25. The van der Waals surface area contributed by atoms with E-state index in [4.69, 9.17) is 16.6 Å². The molecule has 0 spiro atoms. The third-order valence-electron chi connectivity index (χ3n) is 6.93. The molecule has 1 amide bonds. The first kappa shape index (κ1) is 23.8. The van der Waals surface area contributed by atoms with Crippen LogP contribution >= 0.6 is 11.6 Å². The Morgan fingerprint density at radius 3 is 2.64 bits per heavy atom. The number of carbonyl (C=O) groups excluding carboxylic acids is 1. The Hall–Kier alpha value is -2.33. The van der Waals surface area contributed by atoms with E-state index in [0.29, 0.717) is 18.0 Å². The number of hydrogen-bond acceptors (Lipinski definition) is 2. The van der Waals surface area contributed by atoms with Crippen molar-refractivity contribution in [2.45, 2.75) is 77.2 Å². The van der Waals surface area contributed by atoms with E-state index in [1.54, 1.807) is 0 Å². The van der Waals surface area contributed by atoms with Crippen LogP contribution in [0.2, 0.25) is 5.02 Å². The first-order chi connectivity index (χ1) is 16.2. The van der Waals surface area contributed by atoms with Gasteiger partial charge in [0.05, 0.1) is 17.5 Å². The van der Waals surface area contributed by atoms with Gasteiger partial charge in [0.25, 0.3) is 0 Å². The Morgan fingerprint density at radius 2 is 1.79 bits per heavy atom. The van der Waals surface area contributed by atoms with Gasteiger partial charge in [-0.1, -0.05) is 80.5 Å². The van der Waals surface area contributed by atoms with E-state index >= 15 is 0 Å². The molecule has 1 fully saturated rings. The van der Waals surface area contributed by atoms with E-state index in [0.717, 1.165) is 49.2 Å². The highest BCUT2D eigenvalue weighted by molar-refractivity contribution is 6.31. The number of unbranched alkanes of at least 4 members (excludes halogenated alkanes) is 2. The summed E-state index contributed by atoms with van der Waals surface area (Å²) >= 11 is 6.15. The summed E-state index contributed by atoms with van der Waals surface area (Å²) in [4.78, 5) is 17.1. The number of nitrogens with zero attached hydrogens (tertiary/aromatic N) is 2. The minimum Gasteiger partial charge on any atom is -0.356 e. The first-order valence-corrected chi connectivity index (χ1v) is 13.0. The Kier molecular flexibility index (Phi) is 8.82. The largest absolute Gasteiger partial charge is 0.356 e. The highest BCUT2D eigenvalue weighted by Crippen LogP contribution is 2.28. The van der Waals surface area contributed by atoms with E-state index in [2.05, 4.69) is 34.1 Å². The molecule has 4 rings (SSSR count). The van der Waals surface area contributed by atoms with Crippen LogP contribution in [0.15, 0.2) is 48.5 Å². The van der Waals surface area contributed by atoms with Crippen LogP contribution in [0, 0.1) is 5.92 Å². The lowest BCUT2D eigenvalue weighted by Gasteiger charge is -2.22. The zero-order chi connectivity index (χ0) is 22.9. The molecule has 0 bridgehead atoms. The fraction of sp³-hybridized carbons (Fsp3) is 0.500. The Morgan fingerprint density at radius 1 is 1.00 bits per heavy atom. The van der Waals surface area contributed by atoms with Crippen molar-refractivity contribution in [1.82, 2.24) is 14.9 Å². The average Bonchev–Trinajstić information content (AvgIpc) is 3.19. The van der Waals surface area contributed by atoms with Crippen molar-refractivity contribution < 1.29 is 4.79 Å². The fourth-order valence-electron chi connectivity index (χ4n) is 5.04. The number of halogens is 1. The van der Waals surface area contributed by atoms with Crippen LogP contribution < -0.4 is 5.32 Å². The monoisotopic (exact) mass is 465 g/mol. The van der Waals surface area contributed by atoms with Crippen molar-refractivity contribution >= 4 is 28.5 Å². The van der Waals surface area contributed by atoms with Gasteiger partial charge in [-0.05, 0) is 48.9 Å². The zero-order valence-corrected chi connectivity index (χ0v) is 20.3. The summed E-state index contributed by atoms with van der Waals surface area (Å²) in [6, 6.07) is 16.1. The molecule has 1 N–H and O–H groups in total. The number of hydrogen-bond donors (Lipinski definition) is 1. The van der Waals surface area contributed by atoms with Gasteiger partial charge < -0.3 is 9.88 Å². The van der Waals surface area contributed by atoms with Crippen LogP contribution in [-0.2, 0) is 24.2 Å². The lowest BCUT2D eigenvalue weighted by molar-refractivity contribution is -0.120. The van der Waals surface area contributed by atoms with Crippen LogP contribution in [0.25, 0.3) is 11.0 Å². The van der Waals surface area contributed by atoms with Gasteiger partial charge in [0.1, 0.15) is 5.82 Å². The SMILES string of the molecule is O=C(Cc1ccccc1Cl)NCCCCCc1nc2ccccc2n1CCC1CCCCC1. The maximum atomic E-state index is 12.2. The topological polar surface area (TPSA) is 46.9 Å². The molecule has 3 aromatic rings. The van der Waals surface area contributed by atoms with Crippen LogP contribution in [0.5, 0.6) is 0 Å². The number of aryl methyl sites for hydroxylation is 2. The average molecular weight is 466 g/mol. The standard InChI is InChI=1S/C28H36ClN3O/c29-24-14-7-6-13-23(24)21-28(33)30-19-10-2-5-17-27-31-25-15-8-9-16-26(25)32(27)20-18-22-11-3-1-4-12-22/h6-9,13-16,22H,1-5,10-12,17-21H2,(H,30,33). The summed E-state index contributed by atoms with van der Waals surface area (Å²) in [6.07, 6.45) is 12.8. The molecule has 0 saturated heterocycles. The Bertz CT molecular complexity index is 1040. The number of carbonyl (C=O) groups is 1. The summed E-state index contributed by atoms with van der Waals surface area (Å²) in [5.41, 5.74) is 3.27. The van der Waals surface area contributed by atoms with E-state index in [9.17, 15) is 4.79 Å². The molecule has 1 saturated carbocycles. The van der Waals surface area contributed by atoms with Gasteiger partial charge in [-0.15, -0.1) is 0 Å². The number of imidazole rings is 1. The van der Waals surface area contributed by atoms with Crippen molar-refractivity contribution in [3.63, 3.8) is 0 Å². The van der Waals surface area contributed by atoms with Crippen molar-refractivity contribution in [3.05, 3.63) is 64.9 Å². The van der Waals surface area contributed by atoms with Gasteiger partial charge in [-0.2, -0.15) is 0 Å². The Labute approximate surface area is 202 Å². The lowest BCUT2D eigenvalue weighted by atomic mass is 9.87. The van der Waals surface area contributed by atoms with Gasteiger partial charge in [0.15, 0.2) is 0 Å². The number of amides is 1. The number of aromatic nitrogens is 2. The van der Waals surface area contributed by atoms with E-state index < -0.39 is 0 Å². The summed E-state index contributed by atoms with van der Waals surface area (Å²) in [5, 5.41) is 3.68. The van der Waals surface area contributed by atoms with Crippen LogP contribution in [0.4, 0.5) is 0 Å². The summed E-state index contributed by atoms with van der Waals surface area (Å²) in [5.74, 6) is 2.13. The maximum Gasteiger partial charge on any atom is 0.224 e. The smallest absolute Gasteiger partial charge is 0.224 e. The molecule has 0 unspecified atom stereocenters. The van der Waals surface area contributed by atoms with Gasteiger partial charge in [-0.3, -0.25) is 4.79 Å². The molecule has 0 atom stereocenters. The van der Waals surface area contributed by atoms with Crippen LogP contribution in [0.1, 0.15) is 69.2 Å². The van der Waals surface area contributed by atoms with Crippen LogP contribution in [0.3, 0.4) is 0 Å². The minimum absolute atomic E-state index is 0.0348. The highest BCUT2D eigenvalue weighted by atomic mass is 35.5.